The van der Waals surface area contributed by atoms with Crippen LogP contribution in [0.5, 0.6) is 0 Å². The summed E-state index contributed by atoms with van der Waals surface area (Å²) in [6.45, 7) is 1.85. The summed E-state index contributed by atoms with van der Waals surface area (Å²) in [5.41, 5.74) is 0. The number of rotatable bonds is 3. The normalized spacial score (nSPS) is 12.8. The molecule has 12 heavy (non-hydrogen) atoms. The van der Waals surface area contributed by atoms with Crippen LogP contribution in [-0.2, 0) is 4.79 Å². The molecule has 0 aromatic carbocycles. The van der Waals surface area contributed by atoms with Crippen molar-refractivity contribution in [1.82, 2.24) is 0 Å². The van der Waals surface area contributed by atoms with E-state index in [-0.39, 0.29) is 0 Å². The van der Waals surface area contributed by atoms with E-state index in [1.54, 1.807) is 11.4 Å². The molecular formula is C8H9ClO2S. The Labute approximate surface area is 79.8 Å². The SMILES string of the molecule is CCC(C(=O)O)c1cc(Cl)cs1. The molecule has 1 N–H and O–H groups in total. The van der Waals surface area contributed by atoms with Gasteiger partial charge in [-0.05, 0) is 12.5 Å². The molecular weight excluding hydrogens is 196 g/mol. The van der Waals surface area contributed by atoms with Gasteiger partial charge < -0.3 is 5.11 Å². The van der Waals surface area contributed by atoms with Crippen molar-refractivity contribution in [1.29, 1.82) is 0 Å². The summed E-state index contributed by atoms with van der Waals surface area (Å²) >= 11 is 7.08. The predicted octanol–water partition coefficient (Wildman–Crippen LogP) is 2.98. The largest absolute Gasteiger partial charge is 0.481 e. The first kappa shape index (κ1) is 9.55. The summed E-state index contributed by atoms with van der Waals surface area (Å²) in [6, 6.07) is 1.72. The molecule has 1 aromatic rings. The number of carbonyl (C=O) groups is 1. The molecule has 0 fully saturated rings. The van der Waals surface area contributed by atoms with Gasteiger partial charge in [-0.2, -0.15) is 0 Å². The second-order valence-electron chi connectivity index (χ2n) is 2.47. The molecule has 0 amide bonds. The van der Waals surface area contributed by atoms with E-state index >= 15 is 0 Å². The van der Waals surface area contributed by atoms with E-state index in [1.165, 1.54) is 11.3 Å². The zero-order valence-corrected chi connectivity index (χ0v) is 8.15. The number of hydrogen-bond acceptors (Lipinski definition) is 2. The van der Waals surface area contributed by atoms with Crippen LogP contribution in [0.15, 0.2) is 11.4 Å². The van der Waals surface area contributed by atoms with Crippen molar-refractivity contribution in [2.45, 2.75) is 19.3 Å². The van der Waals surface area contributed by atoms with Crippen LogP contribution < -0.4 is 0 Å². The van der Waals surface area contributed by atoms with E-state index in [2.05, 4.69) is 0 Å². The lowest BCUT2D eigenvalue weighted by atomic mass is 10.1. The van der Waals surface area contributed by atoms with Gasteiger partial charge in [0.1, 0.15) is 0 Å². The maximum absolute atomic E-state index is 10.7. The average Bonchev–Trinajstić information content (AvgIpc) is 2.37. The highest BCUT2D eigenvalue weighted by Crippen LogP contribution is 2.28. The third kappa shape index (κ3) is 1.99. The second-order valence-corrected chi connectivity index (χ2v) is 3.85. The van der Waals surface area contributed by atoms with Crippen molar-refractivity contribution in [3.63, 3.8) is 0 Å². The highest BCUT2D eigenvalue weighted by atomic mass is 35.5. The molecule has 0 saturated heterocycles. The molecule has 66 valence electrons. The zero-order valence-electron chi connectivity index (χ0n) is 6.58. The van der Waals surface area contributed by atoms with Crippen LogP contribution in [0.3, 0.4) is 0 Å². The van der Waals surface area contributed by atoms with Gasteiger partial charge >= 0.3 is 5.97 Å². The number of carboxylic acid groups (broad SMARTS) is 1. The van der Waals surface area contributed by atoms with Gasteiger partial charge in [0.15, 0.2) is 0 Å². The molecule has 0 aliphatic rings. The van der Waals surface area contributed by atoms with E-state index < -0.39 is 11.9 Å². The molecule has 0 bridgehead atoms. The molecule has 0 aliphatic carbocycles. The Bertz CT molecular complexity index is 282. The minimum atomic E-state index is -0.781. The van der Waals surface area contributed by atoms with Gasteiger partial charge in [-0.25, -0.2) is 0 Å². The Hall–Kier alpha value is -0.540. The molecule has 1 unspecified atom stereocenters. The fraction of sp³-hybridized carbons (Fsp3) is 0.375. The minimum absolute atomic E-state index is 0.400. The Morgan fingerprint density at radius 1 is 1.83 bits per heavy atom. The summed E-state index contributed by atoms with van der Waals surface area (Å²) in [7, 11) is 0. The summed E-state index contributed by atoms with van der Waals surface area (Å²) in [6.07, 6.45) is 0.603. The third-order valence-electron chi connectivity index (χ3n) is 1.64. The number of thiophene rings is 1. The van der Waals surface area contributed by atoms with Crippen LogP contribution >= 0.6 is 22.9 Å². The van der Waals surface area contributed by atoms with Crippen molar-refractivity contribution < 1.29 is 9.90 Å². The van der Waals surface area contributed by atoms with Gasteiger partial charge in [-0.15, -0.1) is 11.3 Å². The first-order valence-corrected chi connectivity index (χ1v) is 4.87. The summed E-state index contributed by atoms with van der Waals surface area (Å²) in [5, 5.41) is 11.2. The first-order chi connectivity index (χ1) is 5.65. The molecule has 1 heterocycles. The Balaban J connectivity index is 2.87. The standard InChI is InChI=1S/C8H9ClO2S/c1-2-6(8(10)11)7-3-5(9)4-12-7/h3-4,6H,2H2,1H3,(H,10,11). The second kappa shape index (κ2) is 3.92. The number of carboxylic acids is 1. The van der Waals surface area contributed by atoms with Crippen molar-refractivity contribution in [3.8, 4) is 0 Å². The molecule has 0 saturated carbocycles. The lowest BCUT2D eigenvalue weighted by molar-refractivity contribution is -0.138. The molecule has 1 rings (SSSR count). The molecule has 0 aliphatic heterocycles. The quantitative estimate of drug-likeness (QED) is 0.822. The molecule has 1 atom stereocenters. The van der Waals surface area contributed by atoms with Crippen molar-refractivity contribution in [2.75, 3.05) is 0 Å². The van der Waals surface area contributed by atoms with Gasteiger partial charge in [0, 0.05) is 10.3 Å². The first-order valence-electron chi connectivity index (χ1n) is 3.62. The van der Waals surface area contributed by atoms with Crippen molar-refractivity contribution in [3.05, 3.63) is 21.3 Å². The van der Waals surface area contributed by atoms with Crippen LogP contribution in [0.25, 0.3) is 0 Å². The van der Waals surface area contributed by atoms with E-state index in [0.29, 0.717) is 11.4 Å². The van der Waals surface area contributed by atoms with Gasteiger partial charge in [-0.1, -0.05) is 18.5 Å². The highest BCUT2D eigenvalue weighted by molar-refractivity contribution is 7.10. The van der Waals surface area contributed by atoms with E-state index in [1.807, 2.05) is 6.92 Å². The minimum Gasteiger partial charge on any atom is -0.481 e. The van der Waals surface area contributed by atoms with Gasteiger partial charge in [0.05, 0.1) is 10.9 Å². The smallest absolute Gasteiger partial charge is 0.311 e. The summed E-state index contributed by atoms with van der Waals surface area (Å²) < 4.78 is 0. The number of hydrogen-bond donors (Lipinski definition) is 1. The molecule has 2 nitrogen and oxygen atoms in total. The Kier molecular flexibility index (Phi) is 3.12. The fourth-order valence-electron chi connectivity index (χ4n) is 1.01. The Morgan fingerprint density at radius 2 is 2.50 bits per heavy atom. The van der Waals surface area contributed by atoms with Gasteiger partial charge in [0.2, 0.25) is 0 Å². The fourth-order valence-corrected chi connectivity index (χ4v) is 2.27. The lowest BCUT2D eigenvalue weighted by Gasteiger charge is -2.05. The van der Waals surface area contributed by atoms with E-state index in [4.69, 9.17) is 16.7 Å². The predicted molar refractivity (Wildman–Crippen MR) is 50.0 cm³/mol. The monoisotopic (exact) mass is 204 g/mol. The van der Waals surface area contributed by atoms with Crippen LogP contribution in [-0.4, -0.2) is 11.1 Å². The topological polar surface area (TPSA) is 37.3 Å². The Morgan fingerprint density at radius 3 is 2.83 bits per heavy atom. The van der Waals surface area contributed by atoms with E-state index in [9.17, 15) is 4.79 Å². The van der Waals surface area contributed by atoms with Crippen LogP contribution in [0.2, 0.25) is 5.02 Å². The number of aliphatic carboxylic acids is 1. The summed E-state index contributed by atoms with van der Waals surface area (Å²) in [4.78, 5) is 11.5. The molecule has 0 spiro atoms. The maximum atomic E-state index is 10.7. The molecule has 4 heteroatoms. The number of halogens is 1. The average molecular weight is 205 g/mol. The van der Waals surface area contributed by atoms with Gasteiger partial charge in [0.25, 0.3) is 0 Å². The van der Waals surface area contributed by atoms with Gasteiger partial charge in [-0.3, -0.25) is 4.79 Å². The van der Waals surface area contributed by atoms with E-state index in [0.717, 1.165) is 4.88 Å². The molecule has 0 radical (unpaired) electrons. The van der Waals surface area contributed by atoms with Crippen LogP contribution in [0, 0.1) is 0 Å². The maximum Gasteiger partial charge on any atom is 0.311 e. The zero-order chi connectivity index (χ0) is 9.14. The van der Waals surface area contributed by atoms with Crippen molar-refractivity contribution in [2.24, 2.45) is 0 Å². The third-order valence-corrected chi connectivity index (χ3v) is 3.03. The lowest BCUT2D eigenvalue weighted by Crippen LogP contribution is -2.08. The molecule has 1 aromatic heterocycles. The van der Waals surface area contributed by atoms with Crippen molar-refractivity contribution >= 4 is 28.9 Å². The van der Waals surface area contributed by atoms with Crippen LogP contribution in [0.4, 0.5) is 0 Å². The summed E-state index contributed by atoms with van der Waals surface area (Å²) in [5.74, 6) is -1.18. The van der Waals surface area contributed by atoms with Crippen LogP contribution in [0.1, 0.15) is 24.1 Å². The highest BCUT2D eigenvalue weighted by Gasteiger charge is 2.18.